The molecule has 0 aliphatic carbocycles. The third-order valence-electron chi connectivity index (χ3n) is 2.03. The molecular formula is C9H11BCl2O2. The van der Waals surface area contributed by atoms with Gasteiger partial charge < -0.3 is 10.0 Å². The molecule has 0 unspecified atom stereocenters. The van der Waals surface area contributed by atoms with E-state index < -0.39 is 7.12 Å². The Labute approximate surface area is 93.6 Å². The van der Waals surface area contributed by atoms with Gasteiger partial charge in [-0.2, -0.15) is 0 Å². The van der Waals surface area contributed by atoms with E-state index in [-0.39, 0.29) is 5.92 Å². The molecule has 0 saturated carbocycles. The average molecular weight is 233 g/mol. The van der Waals surface area contributed by atoms with E-state index in [0.29, 0.717) is 15.5 Å². The second-order valence-electron chi connectivity index (χ2n) is 3.42. The van der Waals surface area contributed by atoms with Crippen molar-refractivity contribution in [2.75, 3.05) is 0 Å². The Morgan fingerprint density at radius 2 is 1.64 bits per heavy atom. The predicted octanol–water partition coefficient (Wildman–Crippen LogP) is 1.80. The molecule has 0 atom stereocenters. The molecule has 5 heteroatoms. The van der Waals surface area contributed by atoms with Gasteiger partial charge in [0.1, 0.15) is 0 Å². The summed E-state index contributed by atoms with van der Waals surface area (Å²) in [5.41, 5.74) is 1.21. The van der Waals surface area contributed by atoms with Gasteiger partial charge in [0.25, 0.3) is 0 Å². The number of hydrogen-bond donors (Lipinski definition) is 2. The van der Waals surface area contributed by atoms with Crippen LogP contribution in [0.25, 0.3) is 0 Å². The van der Waals surface area contributed by atoms with Crippen molar-refractivity contribution in [2.45, 2.75) is 19.8 Å². The van der Waals surface area contributed by atoms with Crippen LogP contribution in [0.2, 0.25) is 10.0 Å². The van der Waals surface area contributed by atoms with Crippen molar-refractivity contribution < 1.29 is 10.0 Å². The summed E-state index contributed by atoms with van der Waals surface area (Å²) in [6, 6.07) is 3.16. The number of benzene rings is 1. The summed E-state index contributed by atoms with van der Waals surface area (Å²) in [4.78, 5) is 0. The Balaban J connectivity index is 3.31. The summed E-state index contributed by atoms with van der Waals surface area (Å²) < 4.78 is 0. The first-order chi connectivity index (χ1) is 6.43. The maximum absolute atomic E-state index is 9.12. The second kappa shape index (κ2) is 4.54. The highest BCUT2D eigenvalue weighted by Gasteiger charge is 2.19. The standard InChI is InChI=1S/C9H11BCl2O2/c1-5(2)6-3-8(11)9(12)4-7(6)10(13)14/h3-5,13-14H,1-2H3. The topological polar surface area (TPSA) is 40.5 Å². The van der Waals surface area contributed by atoms with E-state index in [1.807, 2.05) is 13.8 Å². The summed E-state index contributed by atoms with van der Waals surface area (Å²) in [5, 5.41) is 19.0. The maximum atomic E-state index is 9.12. The summed E-state index contributed by atoms with van der Waals surface area (Å²) in [6.07, 6.45) is 0. The van der Waals surface area contributed by atoms with Crippen LogP contribution in [-0.4, -0.2) is 17.2 Å². The van der Waals surface area contributed by atoms with Gasteiger partial charge >= 0.3 is 7.12 Å². The number of rotatable bonds is 2. The zero-order valence-corrected chi connectivity index (χ0v) is 9.47. The van der Waals surface area contributed by atoms with Crippen LogP contribution in [0, 0.1) is 0 Å². The van der Waals surface area contributed by atoms with Crippen LogP contribution >= 0.6 is 23.2 Å². The highest BCUT2D eigenvalue weighted by molar-refractivity contribution is 6.60. The minimum absolute atomic E-state index is 0.168. The van der Waals surface area contributed by atoms with Crippen molar-refractivity contribution in [3.05, 3.63) is 27.7 Å². The molecule has 1 rings (SSSR count). The van der Waals surface area contributed by atoms with Gasteiger partial charge in [0.05, 0.1) is 10.0 Å². The summed E-state index contributed by atoms with van der Waals surface area (Å²) in [7, 11) is -1.51. The first-order valence-corrected chi connectivity index (χ1v) is 5.04. The van der Waals surface area contributed by atoms with Crippen molar-refractivity contribution in [1.82, 2.24) is 0 Å². The van der Waals surface area contributed by atoms with Gasteiger partial charge in [0.15, 0.2) is 0 Å². The Morgan fingerprint density at radius 3 is 2.07 bits per heavy atom. The average Bonchev–Trinajstić information content (AvgIpc) is 2.08. The summed E-state index contributed by atoms with van der Waals surface area (Å²) in [5.74, 6) is 0.168. The Hall–Kier alpha value is -0.215. The molecule has 0 radical (unpaired) electrons. The molecule has 0 bridgehead atoms. The van der Waals surface area contributed by atoms with E-state index in [2.05, 4.69) is 0 Å². The monoisotopic (exact) mass is 232 g/mol. The van der Waals surface area contributed by atoms with Gasteiger partial charge in [0.2, 0.25) is 0 Å². The third kappa shape index (κ3) is 2.42. The normalized spacial score (nSPS) is 10.8. The summed E-state index contributed by atoms with van der Waals surface area (Å²) in [6.45, 7) is 3.90. The Kier molecular flexibility index (Phi) is 3.84. The minimum atomic E-state index is -1.51. The SMILES string of the molecule is CC(C)c1cc(Cl)c(Cl)cc1B(O)O. The highest BCUT2D eigenvalue weighted by Crippen LogP contribution is 2.25. The van der Waals surface area contributed by atoms with Crippen molar-refractivity contribution in [3.8, 4) is 0 Å². The summed E-state index contributed by atoms with van der Waals surface area (Å²) >= 11 is 11.6. The fraction of sp³-hybridized carbons (Fsp3) is 0.333. The molecule has 0 spiro atoms. The number of halogens is 2. The molecule has 0 aliphatic rings. The van der Waals surface area contributed by atoms with E-state index in [9.17, 15) is 0 Å². The van der Waals surface area contributed by atoms with E-state index in [1.165, 1.54) is 6.07 Å². The minimum Gasteiger partial charge on any atom is -0.423 e. The molecular weight excluding hydrogens is 222 g/mol. The van der Waals surface area contributed by atoms with Crippen LogP contribution in [0.4, 0.5) is 0 Å². The van der Waals surface area contributed by atoms with Gasteiger partial charge in [-0.3, -0.25) is 0 Å². The maximum Gasteiger partial charge on any atom is 0.488 e. The Morgan fingerprint density at radius 1 is 1.14 bits per heavy atom. The number of hydrogen-bond acceptors (Lipinski definition) is 2. The second-order valence-corrected chi connectivity index (χ2v) is 4.24. The highest BCUT2D eigenvalue weighted by atomic mass is 35.5. The van der Waals surface area contributed by atoms with Crippen molar-refractivity contribution >= 4 is 35.8 Å². The van der Waals surface area contributed by atoms with Gasteiger partial charge in [-0.25, -0.2) is 0 Å². The zero-order chi connectivity index (χ0) is 10.9. The van der Waals surface area contributed by atoms with Gasteiger partial charge in [-0.1, -0.05) is 37.0 Å². The lowest BCUT2D eigenvalue weighted by Gasteiger charge is -2.13. The van der Waals surface area contributed by atoms with Crippen LogP contribution in [0.1, 0.15) is 25.3 Å². The molecule has 0 fully saturated rings. The van der Waals surface area contributed by atoms with E-state index in [1.54, 1.807) is 6.07 Å². The Bertz CT molecular complexity index is 307. The zero-order valence-electron chi connectivity index (χ0n) is 7.96. The van der Waals surface area contributed by atoms with Crippen molar-refractivity contribution in [1.29, 1.82) is 0 Å². The van der Waals surface area contributed by atoms with E-state index in [4.69, 9.17) is 33.2 Å². The van der Waals surface area contributed by atoms with Crippen LogP contribution in [0.15, 0.2) is 12.1 Å². The predicted molar refractivity (Wildman–Crippen MR) is 60.4 cm³/mol. The fourth-order valence-corrected chi connectivity index (χ4v) is 1.65. The van der Waals surface area contributed by atoms with Crippen LogP contribution < -0.4 is 5.46 Å². The van der Waals surface area contributed by atoms with E-state index >= 15 is 0 Å². The van der Waals surface area contributed by atoms with Crippen LogP contribution in [0.5, 0.6) is 0 Å². The first-order valence-electron chi connectivity index (χ1n) is 4.28. The molecule has 1 aromatic rings. The molecule has 0 heterocycles. The smallest absolute Gasteiger partial charge is 0.423 e. The molecule has 2 nitrogen and oxygen atoms in total. The van der Waals surface area contributed by atoms with Crippen LogP contribution in [0.3, 0.4) is 0 Å². The molecule has 76 valence electrons. The molecule has 0 aliphatic heterocycles. The van der Waals surface area contributed by atoms with Crippen LogP contribution in [-0.2, 0) is 0 Å². The lowest BCUT2D eigenvalue weighted by molar-refractivity contribution is 0.425. The quantitative estimate of drug-likeness (QED) is 0.764. The largest absolute Gasteiger partial charge is 0.488 e. The third-order valence-corrected chi connectivity index (χ3v) is 2.75. The lowest BCUT2D eigenvalue weighted by Crippen LogP contribution is -2.33. The van der Waals surface area contributed by atoms with Gasteiger partial charge in [0, 0.05) is 0 Å². The van der Waals surface area contributed by atoms with Gasteiger partial charge in [-0.05, 0) is 29.1 Å². The lowest BCUT2D eigenvalue weighted by atomic mass is 9.74. The fourth-order valence-electron chi connectivity index (χ4n) is 1.30. The molecule has 1 aromatic carbocycles. The van der Waals surface area contributed by atoms with E-state index in [0.717, 1.165) is 5.56 Å². The van der Waals surface area contributed by atoms with Gasteiger partial charge in [-0.15, -0.1) is 0 Å². The molecule has 0 amide bonds. The molecule has 0 saturated heterocycles. The molecule has 14 heavy (non-hydrogen) atoms. The van der Waals surface area contributed by atoms with Crippen molar-refractivity contribution in [2.24, 2.45) is 0 Å². The molecule has 0 aromatic heterocycles. The first kappa shape index (κ1) is 11.9. The molecule has 2 N–H and O–H groups in total. The van der Waals surface area contributed by atoms with Crippen molar-refractivity contribution in [3.63, 3.8) is 0 Å².